The van der Waals surface area contributed by atoms with Crippen LogP contribution < -0.4 is 5.32 Å². The molecular formula is C18H21FN2O2S. The highest BCUT2D eigenvalue weighted by atomic mass is 32.1. The summed E-state index contributed by atoms with van der Waals surface area (Å²) >= 11 is 1.36. The van der Waals surface area contributed by atoms with Crippen molar-refractivity contribution in [2.24, 2.45) is 5.92 Å². The molecule has 0 saturated heterocycles. The monoisotopic (exact) mass is 348 g/mol. The summed E-state index contributed by atoms with van der Waals surface area (Å²) in [4.78, 5) is 17.3. The predicted octanol–water partition coefficient (Wildman–Crippen LogP) is 3.15. The van der Waals surface area contributed by atoms with Crippen molar-refractivity contribution >= 4 is 17.2 Å². The van der Waals surface area contributed by atoms with Gasteiger partial charge in [-0.1, -0.05) is 25.0 Å². The number of aliphatic hydroxyl groups is 1. The lowest BCUT2D eigenvalue weighted by Gasteiger charge is -2.30. The number of hydrogen-bond acceptors (Lipinski definition) is 4. The van der Waals surface area contributed by atoms with E-state index in [1.54, 1.807) is 18.3 Å². The Balaban J connectivity index is 1.61. The number of hydrogen-bond donors (Lipinski definition) is 2. The second kappa shape index (κ2) is 7.85. The highest BCUT2D eigenvalue weighted by Gasteiger charge is 2.26. The van der Waals surface area contributed by atoms with E-state index in [0.29, 0.717) is 11.3 Å². The van der Waals surface area contributed by atoms with Crippen LogP contribution in [-0.2, 0) is 6.42 Å². The zero-order chi connectivity index (χ0) is 16.9. The second-order valence-corrected chi connectivity index (χ2v) is 7.34. The van der Waals surface area contributed by atoms with Crippen molar-refractivity contribution in [2.45, 2.75) is 38.1 Å². The number of nitrogens with zero attached hydrogens (tertiary/aromatic N) is 1. The summed E-state index contributed by atoms with van der Waals surface area (Å²) in [6.07, 6.45) is 6.24. The molecule has 2 N–H and O–H groups in total. The molecule has 0 spiro atoms. The van der Waals surface area contributed by atoms with Crippen molar-refractivity contribution in [3.63, 3.8) is 0 Å². The van der Waals surface area contributed by atoms with Crippen LogP contribution in [0.25, 0.3) is 0 Å². The Morgan fingerprint density at radius 2 is 2.04 bits per heavy atom. The van der Waals surface area contributed by atoms with Gasteiger partial charge in [-0.15, -0.1) is 11.3 Å². The zero-order valence-corrected chi connectivity index (χ0v) is 14.2. The van der Waals surface area contributed by atoms with Crippen LogP contribution in [0.2, 0.25) is 0 Å². The second-order valence-electron chi connectivity index (χ2n) is 6.23. The maximum absolute atomic E-state index is 12.9. The Hall–Kier alpha value is -1.79. The molecule has 1 heterocycles. The molecule has 2 atom stereocenters. The molecule has 2 aromatic rings. The molecule has 1 saturated carbocycles. The Labute approximate surface area is 144 Å². The number of thiazole rings is 1. The predicted molar refractivity (Wildman–Crippen MR) is 91.6 cm³/mol. The van der Waals surface area contributed by atoms with Crippen molar-refractivity contribution in [3.8, 4) is 0 Å². The number of aromatic nitrogens is 1. The maximum Gasteiger partial charge on any atom is 0.263 e. The van der Waals surface area contributed by atoms with Gasteiger partial charge in [0.1, 0.15) is 10.7 Å². The van der Waals surface area contributed by atoms with E-state index >= 15 is 0 Å². The fourth-order valence-electron chi connectivity index (χ4n) is 3.13. The van der Waals surface area contributed by atoms with E-state index in [-0.39, 0.29) is 30.3 Å². The van der Waals surface area contributed by atoms with Crippen molar-refractivity contribution in [1.82, 2.24) is 10.3 Å². The van der Waals surface area contributed by atoms with Crippen LogP contribution in [0.3, 0.4) is 0 Å². The molecule has 24 heavy (non-hydrogen) atoms. The number of aliphatic hydroxyl groups excluding tert-OH is 1. The molecule has 0 radical (unpaired) electrons. The molecule has 0 aliphatic heterocycles. The molecule has 128 valence electrons. The van der Waals surface area contributed by atoms with Gasteiger partial charge in [0.2, 0.25) is 0 Å². The Morgan fingerprint density at radius 3 is 2.79 bits per heavy atom. The smallest absolute Gasteiger partial charge is 0.263 e. The van der Waals surface area contributed by atoms with Gasteiger partial charge in [0, 0.05) is 25.0 Å². The third-order valence-electron chi connectivity index (χ3n) is 4.51. The Bertz CT molecular complexity index is 687. The van der Waals surface area contributed by atoms with E-state index in [0.717, 1.165) is 36.3 Å². The molecule has 1 aliphatic carbocycles. The first-order chi connectivity index (χ1) is 11.7. The maximum atomic E-state index is 12.9. The van der Waals surface area contributed by atoms with Gasteiger partial charge in [-0.2, -0.15) is 0 Å². The van der Waals surface area contributed by atoms with E-state index in [1.165, 1.54) is 23.5 Å². The molecule has 1 fully saturated rings. The minimum Gasteiger partial charge on any atom is -0.396 e. The normalized spacial score (nSPS) is 20.8. The first-order valence-electron chi connectivity index (χ1n) is 8.26. The summed E-state index contributed by atoms with van der Waals surface area (Å²) in [7, 11) is 0. The zero-order valence-electron chi connectivity index (χ0n) is 13.4. The van der Waals surface area contributed by atoms with Crippen LogP contribution in [0.4, 0.5) is 4.39 Å². The summed E-state index contributed by atoms with van der Waals surface area (Å²) < 4.78 is 12.9. The standard InChI is InChI=1S/C18H21FN2O2S/c19-14-7-5-12(6-8-14)9-17-20-10-16(24-17)18(23)21-15-4-2-1-3-13(15)11-22/h5-8,10,13,15,22H,1-4,9,11H2,(H,21,23). The number of rotatable bonds is 5. The van der Waals surface area contributed by atoms with Gasteiger partial charge < -0.3 is 10.4 Å². The highest BCUT2D eigenvalue weighted by Crippen LogP contribution is 2.25. The quantitative estimate of drug-likeness (QED) is 0.872. The Morgan fingerprint density at radius 1 is 1.29 bits per heavy atom. The van der Waals surface area contributed by atoms with Gasteiger partial charge >= 0.3 is 0 Å². The minimum absolute atomic E-state index is 0.0406. The molecule has 3 rings (SSSR count). The number of halogens is 1. The summed E-state index contributed by atoms with van der Waals surface area (Å²) in [5.74, 6) is -0.235. The highest BCUT2D eigenvalue weighted by molar-refractivity contribution is 7.13. The van der Waals surface area contributed by atoms with Gasteiger partial charge in [0.05, 0.1) is 11.2 Å². The lowest BCUT2D eigenvalue weighted by molar-refractivity contribution is 0.0876. The van der Waals surface area contributed by atoms with Crippen molar-refractivity contribution in [3.05, 3.63) is 51.7 Å². The molecule has 6 heteroatoms. The van der Waals surface area contributed by atoms with E-state index in [9.17, 15) is 14.3 Å². The minimum atomic E-state index is -0.260. The van der Waals surface area contributed by atoms with Gasteiger partial charge in [-0.3, -0.25) is 4.79 Å². The average molecular weight is 348 g/mol. The number of amides is 1. The third kappa shape index (κ3) is 4.19. The van der Waals surface area contributed by atoms with Crippen molar-refractivity contribution in [1.29, 1.82) is 0 Å². The van der Waals surface area contributed by atoms with Crippen LogP contribution in [0, 0.1) is 11.7 Å². The lowest BCUT2D eigenvalue weighted by Crippen LogP contribution is -2.43. The molecule has 1 aliphatic rings. The third-order valence-corrected chi connectivity index (χ3v) is 5.50. The molecule has 2 unspecified atom stereocenters. The summed E-state index contributed by atoms with van der Waals surface area (Å²) in [5, 5.41) is 13.3. The van der Waals surface area contributed by atoms with Gasteiger partial charge in [-0.25, -0.2) is 9.37 Å². The SMILES string of the molecule is O=C(NC1CCCCC1CO)c1cnc(Cc2ccc(F)cc2)s1. The number of nitrogens with one attached hydrogen (secondary N) is 1. The van der Waals surface area contributed by atoms with Gasteiger partial charge in [-0.05, 0) is 30.5 Å². The Kier molecular flexibility index (Phi) is 5.58. The molecule has 1 amide bonds. The number of carbonyl (C=O) groups is 1. The fraction of sp³-hybridized carbons (Fsp3) is 0.444. The van der Waals surface area contributed by atoms with E-state index < -0.39 is 0 Å². The van der Waals surface area contributed by atoms with Crippen LogP contribution in [0.5, 0.6) is 0 Å². The lowest BCUT2D eigenvalue weighted by atomic mass is 9.85. The fourth-order valence-corrected chi connectivity index (χ4v) is 3.98. The van der Waals surface area contributed by atoms with E-state index in [4.69, 9.17) is 0 Å². The number of benzene rings is 1. The largest absolute Gasteiger partial charge is 0.396 e. The topological polar surface area (TPSA) is 62.2 Å². The van der Waals surface area contributed by atoms with Crippen LogP contribution in [-0.4, -0.2) is 28.6 Å². The average Bonchev–Trinajstić information content (AvgIpc) is 3.06. The first kappa shape index (κ1) is 17.0. The van der Waals surface area contributed by atoms with E-state index in [1.807, 2.05) is 0 Å². The van der Waals surface area contributed by atoms with Crippen LogP contribution in [0.1, 0.15) is 45.9 Å². The summed E-state index contributed by atoms with van der Waals surface area (Å²) in [5.41, 5.74) is 0.963. The van der Waals surface area contributed by atoms with Crippen LogP contribution >= 0.6 is 11.3 Å². The van der Waals surface area contributed by atoms with E-state index in [2.05, 4.69) is 10.3 Å². The summed E-state index contributed by atoms with van der Waals surface area (Å²) in [6.45, 7) is 0.115. The van der Waals surface area contributed by atoms with Gasteiger partial charge in [0.15, 0.2) is 0 Å². The van der Waals surface area contributed by atoms with Crippen molar-refractivity contribution in [2.75, 3.05) is 6.61 Å². The first-order valence-corrected chi connectivity index (χ1v) is 9.08. The summed E-state index contributed by atoms with van der Waals surface area (Å²) in [6, 6.07) is 6.34. The number of carbonyl (C=O) groups excluding carboxylic acids is 1. The van der Waals surface area contributed by atoms with Crippen molar-refractivity contribution < 1.29 is 14.3 Å². The molecule has 1 aromatic heterocycles. The van der Waals surface area contributed by atoms with Gasteiger partial charge in [0.25, 0.3) is 5.91 Å². The van der Waals surface area contributed by atoms with Crippen LogP contribution in [0.15, 0.2) is 30.5 Å². The molecule has 4 nitrogen and oxygen atoms in total. The molecular weight excluding hydrogens is 327 g/mol. The molecule has 0 bridgehead atoms. The molecule has 1 aromatic carbocycles.